The first-order valence-electron chi connectivity index (χ1n) is 12.4. The van der Waals surface area contributed by atoms with E-state index in [4.69, 9.17) is 20.5 Å². The minimum absolute atomic E-state index is 0.0117. The van der Waals surface area contributed by atoms with Crippen LogP contribution in [-0.2, 0) is 4.79 Å². The molecule has 11 heteroatoms. The van der Waals surface area contributed by atoms with Crippen LogP contribution in [0.5, 0.6) is 11.6 Å². The van der Waals surface area contributed by atoms with Gasteiger partial charge < -0.3 is 15.2 Å². The topological polar surface area (TPSA) is 156 Å². The molecule has 0 aromatic carbocycles. The van der Waals surface area contributed by atoms with Gasteiger partial charge >= 0.3 is 6.09 Å². The molecule has 0 radical (unpaired) electrons. The van der Waals surface area contributed by atoms with E-state index in [0.29, 0.717) is 22.9 Å². The second kappa shape index (κ2) is 11.2. The molecule has 1 saturated heterocycles. The summed E-state index contributed by atoms with van der Waals surface area (Å²) in [5.74, 6) is 1.06. The molecule has 2 fully saturated rings. The molecular weight excluding hydrogens is 486 g/mol. The highest BCUT2D eigenvalue weighted by Gasteiger charge is 2.26. The molecule has 194 valence electrons. The Balaban J connectivity index is 1.29. The average Bonchev–Trinajstić information content (AvgIpc) is 3.75. The van der Waals surface area contributed by atoms with Crippen LogP contribution in [0.2, 0.25) is 0 Å². The van der Waals surface area contributed by atoms with Gasteiger partial charge in [0.15, 0.2) is 0 Å². The largest absolute Gasteiger partial charge is 0.489 e. The molecule has 0 atom stereocenters. The number of primary amides is 1. The van der Waals surface area contributed by atoms with Gasteiger partial charge in [-0.15, -0.1) is 0 Å². The Morgan fingerprint density at radius 1 is 1.13 bits per heavy atom. The van der Waals surface area contributed by atoms with Gasteiger partial charge in [-0.2, -0.15) is 5.26 Å². The number of piperidine rings is 1. The van der Waals surface area contributed by atoms with Crippen LogP contribution < -0.4 is 20.5 Å². The Kier molecular flexibility index (Phi) is 7.42. The van der Waals surface area contributed by atoms with Gasteiger partial charge in [-0.25, -0.2) is 14.8 Å². The lowest BCUT2D eigenvalue weighted by Gasteiger charge is -2.31. The summed E-state index contributed by atoms with van der Waals surface area (Å²) in [5.41, 5.74) is 8.07. The standard InChI is InChI=1S/C27H27N7O4/c28-13-17-3-6-31-25(9-17)33-27(36)38-26-12-19(18-1-2-18)11-23(32-26)20-10-22(15-30-14-20)37-21-4-7-34(8-5-21)16-24(29)35/h3,6,9-12,14-15,18,21H,1-2,4-5,7-8,16H2,(H2,29,35)(H,31,33,36). The van der Waals surface area contributed by atoms with Gasteiger partial charge in [-0.05, 0) is 61.4 Å². The first kappa shape index (κ1) is 25.1. The monoisotopic (exact) mass is 513 g/mol. The van der Waals surface area contributed by atoms with E-state index in [0.717, 1.165) is 49.9 Å². The molecule has 0 bridgehead atoms. The lowest BCUT2D eigenvalue weighted by molar-refractivity contribution is -0.119. The van der Waals surface area contributed by atoms with Gasteiger partial charge in [0.25, 0.3) is 0 Å². The fourth-order valence-corrected chi connectivity index (χ4v) is 4.39. The molecule has 1 aliphatic carbocycles. The van der Waals surface area contributed by atoms with Gasteiger partial charge in [-0.3, -0.25) is 20.0 Å². The van der Waals surface area contributed by atoms with Crippen LogP contribution in [0.3, 0.4) is 0 Å². The van der Waals surface area contributed by atoms with Gasteiger partial charge in [0.05, 0.1) is 30.1 Å². The number of hydrogen-bond donors (Lipinski definition) is 2. The van der Waals surface area contributed by atoms with Crippen LogP contribution in [0.4, 0.5) is 10.6 Å². The average molecular weight is 514 g/mol. The molecule has 38 heavy (non-hydrogen) atoms. The summed E-state index contributed by atoms with van der Waals surface area (Å²) in [4.78, 5) is 38.6. The van der Waals surface area contributed by atoms with Crippen LogP contribution in [0.25, 0.3) is 11.3 Å². The minimum atomic E-state index is -0.753. The van der Waals surface area contributed by atoms with Crippen molar-refractivity contribution in [3.63, 3.8) is 0 Å². The molecule has 3 aromatic rings. The van der Waals surface area contributed by atoms with E-state index in [1.807, 2.05) is 23.1 Å². The number of anilines is 1. The molecule has 4 heterocycles. The van der Waals surface area contributed by atoms with Crippen molar-refractivity contribution in [2.45, 2.75) is 37.7 Å². The van der Waals surface area contributed by atoms with Crippen molar-refractivity contribution in [3.05, 3.63) is 60.0 Å². The smallest absolute Gasteiger partial charge is 0.419 e. The molecule has 1 saturated carbocycles. The van der Waals surface area contributed by atoms with Crippen molar-refractivity contribution in [2.24, 2.45) is 5.73 Å². The molecule has 3 N–H and O–H groups in total. The highest BCUT2D eigenvalue weighted by Crippen LogP contribution is 2.42. The van der Waals surface area contributed by atoms with Gasteiger partial charge in [0.2, 0.25) is 11.8 Å². The zero-order chi connectivity index (χ0) is 26.5. The number of nitrogens with zero attached hydrogens (tertiary/aromatic N) is 5. The van der Waals surface area contributed by atoms with E-state index in [9.17, 15) is 9.59 Å². The van der Waals surface area contributed by atoms with Gasteiger partial charge in [-0.1, -0.05) is 0 Å². The van der Waals surface area contributed by atoms with Crippen LogP contribution in [0.1, 0.15) is 42.7 Å². The zero-order valence-electron chi connectivity index (χ0n) is 20.7. The van der Waals surface area contributed by atoms with E-state index in [2.05, 4.69) is 20.3 Å². The Morgan fingerprint density at radius 2 is 1.95 bits per heavy atom. The number of nitriles is 1. The number of aromatic nitrogens is 3. The fourth-order valence-electron chi connectivity index (χ4n) is 4.39. The number of nitrogens with two attached hydrogens (primary N) is 1. The lowest BCUT2D eigenvalue weighted by Crippen LogP contribution is -2.42. The van der Waals surface area contributed by atoms with E-state index in [-0.39, 0.29) is 30.3 Å². The summed E-state index contributed by atoms with van der Waals surface area (Å²) in [6.07, 6.45) is 7.75. The number of nitrogens with one attached hydrogen (secondary N) is 1. The summed E-state index contributed by atoms with van der Waals surface area (Å²) in [5, 5.41) is 11.6. The molecule has 2 aliphatic rings. The highest BCUT2D eigenvalue weighted by molar-refractivity contribution is 5.85. The minimum Gasteiger partial charge on any atom is -0.489 e. The van der Waals surface area contributed by atoms with E-state index >= 15 is 0 Å². The third-order valence-electron chi connectivity index (χ3n) is 6.42. The summed E-state index contributed by atoms with van der Waals surface area (Å²) in [6.45, 7) is 1.74. The number of ether oxygens (including phenoxy) is 2. The fraction of sp³-hybridized carbons (Fsp3) is 0.333. The summed E-state index contributed by atoms with van der Waals surface area (Å²) < 4.78 is 11.7. The third kappa shape index (κ3) is 6.60. The summed E-state index contributed by atoms with van der Waals surface area (Å²) in [6, 6.07) is 10.6. The Labute approximate surface area is 219 Å². The normalized spacial score (nSPS) is 15.9. The van der Waals surface area contributed by atoms with Crippen molar-refractivity contribution >= 4 is 17.8 Å². The lowest BCUT2D eigenvalue weighted by atomic mass is 10.1. The molecule has 5 rings (SSSR count). The van der Waals surface area contributed by atoms with Crippen molar-refractivity contribution in [1.29, 1.82) is 5.26 Å². The van der Waals surface area contributed by atoms with Crippen LogP contribution >= 0.6 is 0 Å². The van der Waals surface area contributed by atoms with E-state index < -0.39 is 6.09 Å². The quantitative estimate of drug-likeness (QED) is 0.461. The van der Waals surface area contributed by atoms with E-state index in [1.54, 1.807) is 24.5 Å². The first-order chi connectivity index (χ1) is 18.4. The molecule has 11 nitrogen and oxygen atoms in total. The SMILES string of the molecule is N#Cc1ccnc(NC(=O)Oc2cc(C3CC3)cc(-c3cncc(OC4CCN(CC(N)=O)CC4)c3)n2)c1. The number of rotatable bonds is 8. The predicted octanol–water partition coefficient (Wildman–Crippen LogP) is 3.23. The summed E-state index contributed by atoms with van der Waals surface area (Å²) in [7, 11) is 0. The van der Waals surface area contributed by atoms with Crippen LogP contribution in [0.15, 0.2) is 48.9 Å². The third-order valence-corrected chi connectivity index (χ3v) is 6.42. The van der Waals surface area contributed by atoms with Crippen molar-refractivity contribution in [2.75, 3.05) is 25.0 Å². The van der Waals surface area contributed by atoms with Crippen molar-refractivity contribution in [3.8, 4) is 29.0 Å². The molecule has 3 aromatic heterocycles. The molecule has 0 spiro atoms. The molecule has 2 amide bonds. The number of amides is 2. The zero-order valence-corrected chi connectivity index (χ0v) is 20.7. The number of likely N-dealkylation sites (tertiary alicyclic amines) is 1. The second-order valence-corrected chi connectivity index (χ2v) is 9.42. The maximum atomic E-state index is 12.5. The van der Waals surface area contributed by atoms with Gasteiger partial charge in [0, 0.05) is 37.1 Å². The number of carbonyl (C=O) groups excluding carboxylic acids is 2. The Hall–Kier alpha value is -4.56. The maximum Gasteiger partial charge on any atom is 0.419 e. The maximum absolute atomic E-state index is 12.5. The predicted molar refractivity (Wildman–Crippen MR) is 137 cm³/mol. The van der Waals surface area contributed by atoms with E-state index in [1.165, 1.54) is 12.3 Å². The number of pyridine rings is 3. The molecule has 0 unspecified atom stereocenters. The van der Waals surface area contributed by atoms with Gasteiger partial charge in [0.1, 0.15) is 17.7 Å². The van der Waals surface area contributed by atoms with Crippen LogP contribution in [0, 0.1) is 11.3 Å². The number of carbonyl (C=O) groups is 2. The Bertz CT molecular complexity index is 1380. The highest BCUT2D eigenvalue weighted by atomic mass is 16.6. The van der Waals surface area contributed by atoms with Crippen molar-refractivity contribution < 1.29 is 19.1 Å². The summed E-state index contributed by atoms with van der Waals surface area (Å²) >= 11 is 0. The second-order valence-electron chi connectivity index (χ2n) is 9.42. The first-order valence-corrected chi connectivity index (χ1v) is 12.4. The number of hydrogen-bond acceptors (Lipinski definition) is 9. The van der Waals surface area contributed by atoms with Crippen LogP contribution in [-0.4, -0.2) is 57.6 Å². The Morgan fingerprint density at radius 3 is 2.68 bits per heavy atom. The van der Waals surface area contributed by atoms with Crippen molar-refractivity contribution in [1.82, 2.24) is 19.9 Å². The molecular formula is C27H27N7O4. The molecule has 1 aliphatic heterocycles.